The predicted octanol–water partition coefficient (Wildman–Crippen LogP) is 2.52. The fourth-order valence-electron chi connectivity index (χ4n) is 0.647. The number of carbonyl (C=O) groups excluding carboxylic acids is 1. The van der Waals surface area contributed by atoms with E-state index in [-0.39, 0.29) is 11.2 Å². The highest BCUT2D eigenvalue weighted by molar-refractivity contribution is 5.85. The molecule has 0 amide bonds. The van der Waals surface area contributed by atoms with Gasteiger partial charge in [-0.3, -0.25) is 0 Å². The van der Waals surface area contributed by atoms with Crippen molar-refractivity contribution >= 4 is 5.97 Å². The number of hydrogen-bond acceptors (Lipinski definition) is 3. The van der Waals surface area contributed by atoms with E-state index in [1.807, 2.05) is 27.7 Å². The van der Waals surface area contributed by atoms with Crippen molar-refractivity contribution in [2.24, 2.45) is 5.41 Å². The average Bonchev–Trinajstić information content (AvgIpc) is 2.09. The van der Waals surface area contributed by atoms with Crippen molar-refractivity contribution < 1.29 is 14.3 Å². The largest absolute Gasteiger partial charge is 0.487 e. The molecule has 0 aromatic heterocycles. The molecule has 82 valence electrons. The standard InChI is InChI=1S/C11H20O3/c1-6-7-13-9(2)10(12)14-8-11(3,4)5/h2,6-8H2,1,3-5H3. The van der Waals surface area contributed by atoms with E-state index in [1.54, 1.807) is 0 Å². The molecule has 0 saturated carbocycles. The van der Waals surface area contributed by atoms with E-state index < -0.39 is 5.97 Å². The van der Waals surface area contributed by atoms with E-state index in [2.05, 4.69) is 6.58 Å². The molecule has 0 aromatic carbocycles. The molecule has 0 aliphatic rings. The molecule has 3 nitrogen and oxygen atoms in total. The minimum absolute atomic E-state index is 0.0271. The van der Waals surface area contributed by atoms with Crippen LogP contribution in [0.5, 0.6) is 0 Å². The van der Waals surface area contributed by atoms with Gasteiger partial charge in [0.05, 0.1) is 13.2 Å². The summed E-state index contributed by atoms with van der Waals surface area (Å²) < 4.78 is 10.1. The third-order valence-electron chi connectivity index (χ3n) is 1.34. The van der Waals surface area contributed by atoms with Crippen LogP contribution >= 0.6 is 0 Å². The zero-order valence-electron chi connectivity index (χ0n) is 9.55. The molecular formula is C11H20O3. The highest BCUT2D eigenvalue weighted by Gasteiger charge is 2.16. The third-order valence-corrected chi connectivity index (χ3v) is 1.34. The van der Waals surface area contributed by atoms with Crippen LogP contribution in [0.2, 0.25) is 0 Å². The Kier molecular flexibility index (Phi) is 5.28. The zero-order chi connectivity index (χ0) is 11.2. The number of esters is 1. The molecule has 0 spiro atoms. The van der Waals surface area contributed by atoms with Crippen LogP contribution in [-0.4, -0.2) is 19.2 Å². The first kappa shape index (κ1) is 13.0. The van der Waals surface area contributed by atoms with Gasteiger partial charge in [0.1, 0.15) is 0 Å². The maximum Gasteiger partial charge on any atom is 0.372 e. The summed E-state index contributed by atoms with van der Waals surface area (Å²) in [4.78, 5) is 11.2. The number of ether oxygens (including phenoxy) is 2. The van der Waals surface area contributed by atoms with Crippen molar-refractivity contribution in [3.63, 3.8) is 0 Å². The molecule has 0 aromatic rings. The first-order valence-electron chi connectivity index (χ1n) is 4.85. The molecule has 0 N–H and O–H groups in total. The van der Waals surface area contributed by atoms with Gasteiger partial charge in [-0.2, -0.15) is 0 Å². The maximum atomic E-state index is 11.2. The normalized spacial score (nSPS) is 10.9. The summed E-state index contributed by atoms with van der Waals surface area (Å²) in [7, 11) is 0. The SMILES string of the molecule is C=C(OCCC)C(=O)OCC(C)(C)C. The second-order valence-corrected chi connectivity index (χ2v) is 4.41. The quantitative estimate of drug-likeness (QED) is 0.388. The van der Waals surface area contributed by atoms with Gasteiger partial charge in [-0.15, -0.1) is 0 Å². The van der Waals surface area contributed by atoms with E-state index in [0.29, 0.717) is 13.2 Å². The molecule has 0 rings (SSSR count). The van der Waals surface area contributed by atoms with E-state index in [4.69, 9.17) is 9.47 Å². The lowest BCUT2D eigenvalue weighted by Crippen LogP contribution is -2.20. The molecule has 0 fully saturated rings. The van der Waals surface area contributed by atoms with E-state index in [9.17, 15) is 4.79 Å². The van der Waals surface area contributed by atoms with Gasteiger partial charge in [-0.1, -0.05) is 27.7 Å². The van der Waals surface area contributed by atoms with Crippen molar-refractivity contribution in [3.05, 3.63) is 12.3 Å². The number of rotatable bonds is 5. The summed E-state index contributed by atoms with van der Waals surface area (Å²) >= 11 is 0. The van der Waals surface area contributed by atoms with Gasteiger partial charge in [-0.05, 0) is 18.4 Å². The van der Waals surface area contributed by atoms with E-state index in [1.165, 1.54) is 0 Å². The monoisotopic (exact) mass is 200 g/mol. The van der Waals surface area contributed by atoms with Crippen LogP contribution in [0.3, 0.4) is 0 Å². The Balaban J connectivity index is 3.79. The highest BCUT2D eigenvalue weighted by atomic mass is 16.6. The van der Waals surface area contributed by atoms with E-state index in [0.717, 1.165) is 6.42 Å². The summed E-state index contributed by atoms with van der Waals surface area (Å²) in [5.74, 6) is -0.371. The fraction of sp³-hybridized carbons (Fsp3) is 0.727. The van der Waals surface area contributed by atoms with Crippen LogP contribution in [0.1, 0.15) is 34.1 Å². The second-order valence-electron chi connectivity index (χ2n) is 4.41. The Bertz CT molecular complexity index is 201. The number of hydrogen-bond donors (Lipinski definition) is 0. The van der Waals surface area contributed by atoms with Gasteiger partial charge in [0.2, 0.25) is 0 Å². The lowest BCUT2D eigenvalue weighted by molar-refractivity contribution is -0.145. The minimum atomic E-state index is -0.464. The van der Waals surface area contributed by atoms with Crippen LogP contribution in [0.4, 0.5) is 0 Å². The zero-order valence-corrected chi connectivity index (χ0v) is 9.55. The summed E-state index contributed by atoms with van der Waals surface area (Å²) in [6.07, 6.45) is 0.853. The third kappa shape index (κ3) is 6.52. The smallest absolute Gasteiger partial charge is 0.372 e. The predicted molar refractivity (Wildman–Crippen MR) is 55.8 cm³/mol. The first-order chi connectivity index (χ1) is 6.37. The van der Waals surface area contributed by atoms with Gasteiger partial charge in [0.25, 0.3) is 0 Å². The maximum absolute atomic E-state index is 11.2. The molecule has 0 atom stereocenters. The molecule has 0 aliphatic carbocycles. The highest BCUT2D eigenvalue weighted by Crippen LogP contribution is 2.13. The molecule has 0 heterocycles. The van der Waals surface area contributed by atoms with Crippen molar-refractivity contribution in [2.75, 3.05) is 13.2 Å². The molecule has 0 radical (unpaired) electrons. The second kappa shape index (κ2) is 5.68. The molecule has 3 heteroatoms. The Morgan fingerprint density at radius 2 is 1.86 bits per heavy atom. The Morgan fingerprint density at radius 1 is 1.29 bits per heavy atom. The summed E-state index contributed by atoms with van der Waals surface area (Å²) in [6.45, 7) is 12.3. The summed E-state index contributed by atoms with van der Waals surface area (Å²) in [5, 5.41) is 0. The average molecular weight is 200 g/mol. The van der Waals surface area contributed by atoms with Crippen molar-refractivity contribution in [3.8, 4) is 0 Å². The summed E-state index contributed by atoms with van der Waals surface area (Å²) in [5.41, 5.74) is -0.0271. The topological polar surface area (TPSA) is 35.5 Å². The molecule has 0 aliphatic heterocycles. The van der Waals surface area contributed by atoms with Crippen LogP contribution in [-0.2, 0) is 14.3 Å². The van der Waals surface area contributed by atoms with Crippen molar-refractivity contribution in [1.82, 2.24) is 0 Å². The van der Waals surface area contributed by atoms with Crippen LogP contribution in [0.15, 0.2) is 12.3 Å². The minimum Gasteiger partial charge on any atom is -0.487 e. The van der Waals surface area contributed by atoms with Gasteiger partial charge in [-0.25, -0.2) is 4.79 Å². The molecule has 14 heavy (non-hydrogen) atoms. The summed E-state index contributed by atoms with van der Waals surface area (Å²) in [6, 6.07) is 0. The van der Waals surface area contributed by atoms with E-state index >= 15 is 0 Å². The first-order valence-corrected chi connectivity index (χ1v) is 4.85. The van der Waals surface area contributed by atoms with Gasteiger partial charge < -0.3 is 9.47 Å². The lowest BCUT2D eigenvalue weighted by Gasteiger charge is -2.18. The molecule has 0 bridgehead atoms. The Labute approximate surface area is 86.1 Å². The number of carbonyl (C=O) groups is 1. The van der Waals surface area contributed by atoms with Gasteiger partial charge in [0, 0.05) is 0 Å². The molecule has 0 unspecified atom stereocenters. The van der Waals surface area contributed by atoms with Crippen LogP contribution in [0, 0.1) is 5.41 Å². The van der Waals surface area contributed by atoms with Crippen LogP contribution < -0.4 is 0 Å². The fourth-order valence-corrected chi connectivity index (χ4v) is 0.647. The molecular weight excluding hydrogens is 180 g/mol. The van der Waals surface area contributed by atoms with Crippen molar-refractivity contribution in [1.29, 1.82) is 0 Å². The Morgan fingerprint density at radius 3 is 2.29 bits per heavy atom. The van der Waals surface area contributed by atoms with Gasteiger partial charge >= 0.3 is 5.97 Å². The lowest BCUT2D eigenvalue weighted by atomic mass is 9.99. The van der Waals surface area contributed by atoms with Gasteiger partial charge in [0.15, 0.2) is 5.76 Å². The molecule has 0 saturated heterocycles. The Hall–Kier alpha value is -0.990. The van der Waals surface area contributed by atoms with Crippen LogP contribution in [0.25, 0.3) is 0 Å². The van der Waals surface area contributed by atoms with Crippen molar-refractivity contribution in [2.45, 2.75) is 34.1 Å².